The second kappa shape index (κ2) is 6.33. The molecule has 6 heteroatoms. The molecule has 94 valence electrons. The second-order valence-corrected chi connectivity index (χ2v) is 6.15. The molecule has 3 nitrogen and oxygen atoms in total. The first-order valence-corrected chi connectivity index (χ1v) is 6.86. The molecule has 17 heavy (non-hydrogen) atoms. The Bertz CT molecular complexity index is 417. The summed E-state index contributed by atoms with van der Waals surface area (Å²) in [4.78, 5) is 15.0. The number of amides is 1. The Hall–Kier alpha value is -0.650. The number of nitrogens with two attached hydrogens (primary N) is 1. The SMILES string of the molecule is CC(C)N(CCC(N)=S)C(=O)c1ccc(Cl)s1. The number of hydrogen-bond acceptors (Lipinski definition) is 3. The van der Waals surface area contributed by atoms with Crippen LogP contribution in [-0.4, -0.2) is 28.4 Å². The summed E-state index contributed by atoms with van der Waals surface area (Å²) in [5, 5.41) is 0. The Morgan fingerprint density at radius 3 is 2.65 bits per heavy atom. The maximum Gasteiger partial charge on any atom is 0.264 e. The zero-order valence-electron chi connectivity index (χ0n) is 9.77. The van der Waals surface area contributed by atoms with Gasteiger partial charge in [0.2, 0.25) is 0 Å². The number of carbonyl (C=O) groups is 1. The molecule has 0 saturated heterocycles. The maximum atomic E-state index is 12.2. The molecule has 0 bridgehead atoms. The van der Waals surface area contributed by atoms with Crippen molar-refractivity contribution in [1.82, 2.24) is 4.90 Å². The summed E-state index contributed by atoms with van der Waals surface area (Å²) in [7, 11) is 0. The van der Waals surface area contributed by atoms with Gasteiger partial charge in [-0.3, -0.25) is 4.79 Å². The highest BCUT2D eigenvalue weighted by Crippen LogP contribution is 2.23. The molecule has 0 aliphatic carbocycles. The highest BCUT2D eigenvalue weighted by Gasteiger charge is 2.20. The number of thiophene rings is 1. The Balaban J connectivity index is 2.77. The molecule has 0 atom stereocenters. The fourth-order valence-corrected chi connectivity index (χ4v) is 2.49. The summed E-state index contributed by atoms with van der Waals surface area (Å²) in [6, 6.07) is 3.58. The van der Waals surface area contributed by atoms with E-state index in [0.717, 1.165) is 0 Å². The van der Waals surface area contributed by atoms with Crippen molar-refractivity contribution in [2.24, 2.45) is 5.73 Å². The van der Waals surface area contributed by atoms with Crippen LogP contribution in [0.15, 0.2) is 12.1 Å². The van der Waals surface area contributed by atoms with Gasteiger partial charge in [0, 0.05) is 19.0 Å². The zero-order chi connectivity index (χ0) is 13.0. The number of thiocarbonyl (C=S) groups is 1. The third-order valence-corrected chi connectivity index (χ3v) is 3.69. The summed E-state index contributed by atoms with van der Waals surface area (Å²) in [5.41, 5.74) is 5.46. The number of nitrogens with zero attached hydrogens (tertiary/aromatic N) is 1. The van der Waals surface area contributed by atoms with Crippen LogP contribution in [0.4, 0.5) is 0 Å². The van der Waals surface area contributed by atoms with E-state index in [2.05, 4.69) is 0 Å². The van der Waals surface area contributed by atoms with Crippen LogP contribution >= 0.6 is 35.2 Å². The fourth-order valence-electron chi connectivity index (χ4n) is 1.40. The van der Waals surface area contributed by atoms with Gasteiger partial charge in [0.05, 0.1) is 14.2 Å². The Labute approximate surface area is 116 Å². The Morgan fingerprint density at radius 1 is 1.59 bits per heavy atom. The van der Waals surface area contributed by atoms with Crippen molar-refractivity contribution in [1.29, 1.82) is 0 Å². The van der Waals surface area contributed by atoms with Gasteiger partial charge < -0.3 is 10.6 Å². The third kappa shape index (κ3) is 4.26. The summed E-state index contributed by atoms with van der Waals surface area (Å²) in [5.74, 6) is -0.0202. The molecule has 1 amide bonds. The lowest BCUT2D eigenvalue weighted by Crippen LogP contribution is -2.38. The van der Waals surface area contributed by atoms with Crippen molar-refractivity contribution in [2.75, 3.05) is 6.54 Å². The van der Waals surface area contributed by atoms with Crippen LogP contribution in [0, 0.1) is 0 Å². The van der Waals surface area contributed by atoms with Gasteiger partial charge in [-0.05, 0) is 26.0 Å². The molecule has 0 spiro atoms. The van der Waals surface area contributed by atoms with Crippen molar-refractivity contribution in [3.8, 4) is 0 Å². The maximum absolute atomic E-state index is 12.2. The molecule has 2 N–H and O–H groups in total. The van der Waals surface area contributed by atoms with E-state index in [4.69, 9.17) is 29.6 Å². The summed E-state index contributed by atoms with van der Waals surface area (Å²) >= 11 is 11.9. The molecule has 1 aromatic rings. The van der Waals surface area contributed by atoms with Crippen molar-refractivity contribution in [2.45, 2.75) is 26.3 Å². The van der Waals surface area contributed by atoms with Crippen LogP contribution in [0.5, 0.6) is 0 Å². The smallest absolute Gasteiger partial charge is 0.264 e. The molecule has 1 heterocycles. The van der Waals surface area contributed by atoms with Crippen LogP contribution in [0.25, 0.3) is 0 Å². The minimum atomic E-state index is -0.0202. The number of halogens is 1. The number of rotatable bonds is 5. The summed E-state index contributed by atoms with van der Waals surface area (Å²) in [6.45, 7) is 4.47. The van der Waals surface area contributed by atoms with Gasteiger partial charge in [0.1, 0.15) is 0 Å². The minimum Gasteiger partial charge on any atom is -0.393 e. The minimum absolute atomic E-state index is 0.0202. The Kier molecular flexibility index (Phi) is 5.36. The van der Waals surface area contributed by atoms with E-state index in [9.17, 15) is 4.79 Å². The second-order valence-electron chi connectivity index (χ2n) is 3.91. The van der Waals surface area contributed by atoms with E-state index in [1.165, 1.54) is 11.3 Å². The first kappa shape index (κ1) is 14.4. The predicted molar refractivity (Wildman–Crippen MR) is 76.9 cm³/mol. The molecule has 0 aliphatic heterocycles. The van der Waals surface area contributed by atoms with Crippen LogP contribution < -0.4 is 5.73 Å². The van der Waals surface area contributed by atoms with E-state index in [1.807, 2.05) is 13.8 Å². The van der Waals surface area contributed by atoms with Gasteiger partial charge in [0.25, 0.3) is 5.91 Å². The van der Waals surface area contributed by atoms with Gasteiger partial charge in [-0.2, -0.15) is 0 Å². The van der Waals surface area contributed by atoms with Gasteiger partial charge in [-0.25, -0.2) is 0 Å². The van der Waals surface area contributed by atoms with Crippen molar-refractivity contribution < 1.29 is 4.79 Å². The highest BCUT2D eigenvalue weighted by atomic mass is 35.5. The monoisotopic (exact) mass is 290 g/mol. The van der Waals surface area contributed by atoms with Crippen LogP contribution in [0.2, 0.25) is 4.34 Å². The van der Waals surface area contributed by atoms with E-state index >= 15 is 0 Å². The topological polar surface area (TPSA) is 46.3 Å². The van der Waals surface area contributed by atoms with Crippen LogP contribution in [-0.2, 0) is 0 Å². The molecule has 0 aromatic carbocycles. The normalized spacial score (nSPS) is 10.6. The third-order valence-electron chi connectivity index (χ3n) is 2.27. The van der Waals surface area contributed by atoms with Gasteiger partial charge in [-0.1, -0.05) is 23.8 Å². The molecular weight excluding hydrogens is 276 g/mol. The zero-order valence-corrected chi connectivity index (χ0v) is 12.2. The van der Waals surface area contributed by atoms with E-state index in [1.54, 1.807) is 17.0 Å². The van der Waals surface area contributed by atoms with E-state index in [-0.39, 0.29) is 11.9 Å². The molecule has 0 fully saturated rings. The van der Waals surface area contributed by atoms with Gasteiger partial charge in [0.15, 0.2) is 0 Å². The molecule has 0 aliphatic rings. The highest BCUT2D eigenvalue weighted by molar-refractivity contribution is 7.80. The van der Waals surface area contributed by atoms with Crippen molar-refractivity contribution in [3.05, 3.63) is 21.3 Å². The summed E-state index contributed by atoms with van der Waals surface area (Å²) < 4.78 is 0.617. The molecule has 0 radical (unpaired) electrons. The molecule has 0 saturated carbocycles. The van der Waals surface area contributed by atoms with E-state index < -0.39 is 0 Å². The number of hydrogen-bond donors (Lipinski definition) is 1. The van der Waals surface area contributed by atoms with Crippen LogP contribution in [0.3, 0.4) is 0 Å². The Morgan fingerprint density at radius 2 is 2.24 bits per heavy atom. The van der Waals surface area contributed by atoms with Gasteiger partial charge in [-0.15, -0.1) is 11.3 Å². The quantitative estimate of drug-likeness (QED) is 0.848. The average Bonchev–Trinajstić information content (AvgIpc) is 2.63. The lowest BCUT2D eigenvalue weighted by Gasteiger charge is -2.26. The lowest BCUT2D eigenvalue weighted by molar-refractivity contribution is 0.0716. The standard InChI is InChI=1S/C11H15ClN2OS2/c1-7(2)14(6-5-10(13)16)11(15)8-3-4-9(12)17-8/h3-4,7H,5-6H2,1-2H3,(H2,13,16). The first-order valence-electron chi connectivity index (χ1n) is 5.26. The van der Waals surface area contributed by atoms with E-state index in [0.29, 0.717) is 27.2 Å². The lowest BCUT2D eigenvalue weighted by atomic mass is 10.2. The number of carbonyl (C=O) groups excluding carboxylic acids is 1. The molecular formula is C11H15ClN2OS2. The molecule has 0 unspecified atom stereocenters. The molecule has 1 aromatic heterocycles. The van der Waals surface area contributed by atoms with Gasteiger partial charge >= 0.3 is 0 Å². The van der Waals surface area contributed by atoms with Crippen LogP contribution in [0.1, 0.15) is 29.9 Å². The molecule has 1 rings (SSSR count). The summed E-state index contributed by atoms with van der Waals surface area (Å²) in [6.07, 6.45) is 0.540. The average molecular weight is 291 g/mol. The largest absolute Gasteiger partial charge is 0.393 e. The fraction of sp³-hybridized carbons (Fsp3) is 0.455. The van der Waals surface area contributed by atoms with Crippen molar-refractivity contribution >= 4 is 46.1 Å². The first-order chi connectivity index (χ1) is 7.91. The predicted octanol–water partition coefficient (Wildman–Crippen LogP) is 2.93. The van der Waals surface area contributed by atoms with Crippen molar-refractivity contribution in [3.63, 3.8) is 0 Å².